The van der Waals surface area contributed by atoms with Crippen LogP contribution in [0.3, 0.4) is 0 Å². The average Bonchev–Trinajstić information content (AvgIpc) is 3.10. The molecule has 2 spiro atoms. The molecule has 2 aliphatic heterocycles. The summed E-state index contributed by atoms with van der Waals surface area (Å²) in [4.78, 5) is 19.8. The lowest BCUT2D eigenvalue weighted by Gasteiger charge is -2.63. The Balaban J connectivity index is 2.04. The molecule has 3 fully saturated rings. The van der Waals surface area contributed by atoms with E-state index in [0.29, 0.717) is 19.4 Å². The molecule has 0 aromatic heterocycles. The van der Waals surface area contributed by atoms with Crippen LogP contribution < -0.4 is 0 Å². The highest BCUT2D eigenvalue weighted by Crippen LogP contribution is 2.56. The van der Waals surface area contributed by atoms with Crippen molar-refractivity contribution < 1.29 is 14.6 Å². The zero-order valence-electron chi connectivity index (χ0n) is 29.7. The molecule has 42 heavy (non-hydrogen) atoms. The van der Waals surface area contributed by atoms with Crippen LogP contribution in [0.1, 0.15) is 185 Å². The number of amides is 1. The van der Waals surface area contributed by atoms with Gasteiger partial charge in [-0.15, -0.1) is 0 Å². The second kappa shape index (κ2) is 13.8. The number of β-amino-alcohol motifs (C(OH)–C–C–N with tert-alkyl or cyclic N) is 1. The highest BCUT2D eigenvalue weighted by atomic mass is 16.6. The van der Waals surface area contributed by atoms with Crippen molar-refractivity contribution in [1.82, 2.24) is 9.80 Å². The van der Waals surface area contributed by atoms with E-state index < -0.39 is 17.4 Å². The first kappa shape index (κ1) is 35.8. The van der Waals surface area contributed by atoms with Crippen molar-refractivity contribution in [3.8, 4) is 0 Å². The second-order valence-electron chi connectivity index (χ2n) is 16.5. The Morgan fingerprint density at radius 2 is 1.19 bits per heavy atom. The van der Waals surface area contributed by atoms with Gasteiger partial charge in [0.1, 0.15) is 5.72 Å². The molecule has 5 heteroatoms. The van der Waals surface area contributed by atoms with Crippen LogP contribution in [0, 0.1) is 5.41 Å². The number of carbonyl (C=O) groups is 1. The molecular formula is C37H70N2O3. The molecule has 5 nitrogen and oxygen atoms in total. The van der Waals surface area contributed by atoms with Crippen LogP contribution in [0.15, 0.2) is 0 Å². The van der Waals surface area contributed by atoms with E-state index in [1.807, 2.05) is 0 Å². The largest absolute Gasteiger partial charge is 0.391 e. The lowest BCUT2D eigenvalue weighted by molar-refractivity contribution is -0.218. The van der Waals surface area contributed by atoms with E-state index in [-0.39, 0.29) is 27.9 Å². The normalized spacial score (nSPS) is 26.3. The van der Waals surface area contributed by atoms with Crippen molar-refractivity contribution in [2.45, 2.75) is 219 Å². The summed E-state index contributed by atoms with van der Waals surface area (Å²) in [5.74, 6) is 0.152. The summed E-state index contributed by atoms with van der Waals surface area (Å²) in [7, 11) is 0. The molecule has 246 valence electrons. The van der Waals surface area contributed by atoms with Crippen molar-refractivity contribution in [1.29, 1.82) is 0 Å². The fraction of sp³-hybridized carbons (Fsp3) is 0.973. The standard InChI is InChI=1S/C37H70N2O3/c1-11-34(9,12-2)26-30(40)27-38-31(41)36(42-37(38)24-22-20-18-16-15-17-19-21-23-25-37)28-32(5,6)39(33(7,8)29-36)35(10,13-3)14-4/h30,40H,11-29H2,1-10H3. The summed E-state index contributed by atoms with van der Waals surface area (Å²) < 4.78 is 7.47. The maximum absolute atomic E-state index is 15.0. The summed E-state index contributed by atoms with van der Waals surface area (Å²) in [6, 6.07) is 0. The lowest BCUT2D eigenvalue weighted by Crippen LogP contribution is -2.72. The number of likely N-dealkylation sites (tertiary alicyclic amines) is 1. The molecule has 0 bridgehead atoms. The average molecular weight is 591 g/mol. The third kappa shape index (κ3) is 7.41. The van der Waals surface area contributed by atoms with Crippen LogP contribution in [0.25, 0.3) is 0 Å². The van der Waals surface area contributed by atoms with Gasteiger partial charge in [0, 0.05) is 36.0 Å². The minimum absolute atomic E-state index is 0.0573. The molecule has 2 saturated heterocycles. The highest BCUT2D eigenvalue weighted by molar-refractivity contribution is 5.88. The Hall–Kier alpha value is -0.650. The first-order valence-electron chi connectivity index (χ1n) is 18.1. The Morgan fingerprint density at radius 3 is 1.60 bits per heavy atom. The van der Waals surface area contributed by atoms with Gasteiger partial charge < -0.3 is 14.7 Å². The molecule has 0 radical (unpaired) electrons. The first-order valence-corrected chi connectivity index (χ1v) is 18.1. The van der Waals surface area contributed by atoms with Gasteiger partial charge in [-0.3, -0.25) is 9.69 Å². The van der Waals surface area contributed by atoms with E-state index in [0.717, 1.165) is 57.8 Å². The number of piperidine rings is 1. The number of ether oxygens (including phenoxy) is 1. The van der Waals surface area contributed by atoms with Crippen molar-refractivity contribution in [3.05, 3.63) is 0 Å². The number of nitrogens with zero attached hydrogens (tertiary/aromatic N) is 2. The van der Waals surface area contributed by atoms with E-state index >= 15 is 4.79 Å². The maximum atomic E-state index is 15.0. The zero-order valence-corrected chi connectivity index (χ0v) is 29.7. The minimum atomic E-state index is -0.846. The third-order valence-electron chi connectivity index (χ3n) is 12.2. The quantitative estimate of drug-likeness (QED) is 0.291. The van der Waals surface area contributed by atoms with Crippen LogP contribution in [0.4, 0.5) is 0 Å². The summed E-state index contributed by atoms with van der Waals surface area (Å²) in [6.45, 7) is 23.5. The highest BCUT2D eigenvalue weighted by Gasteiger charge is 2.67. The Bertz CT molecular complexity index is 842. The molecule has 2 heterocycles. The predicted molar refractivity (Wildman–Crippen MR) is 177 cm³/mol. The molecule has 0 aromatic rings. The van der Waals surface area contributed by atoms with Crippen LogP contribution in [0.5, 0.6) is 0 Å². The fourth-order valence-electron chi connectivity index (χ4n) is 9.75. The van der Waals surface area contributed by atoms with Crippen LogP contribution in [-0.2, 0) is 9.53 Å². The molecule has 3 aliphatic rings. The third-order valence-corrected chi connectivity index (χ3v) is 12.2. The molecular weight excluding hydrogens is 520 g/mol. The maximum Gasteiger partial charge on any atom is 0.257 e. The van der Waals surface area contributed by atoms with Crippen molar-refractivity contribution >= 4 is 5.91 Å². The monoisotopic (exact) mass is 591 g/mol. The lowest BCUT2D eigenvalue weighted by atomic mass is 9.67. The number of carbonyl (C=O) groups excluding carboxylic acids is 1. The first-order chi connectivity index (χ1) is 19.6. The molecule has 1 amide bonds. The van der Waals surface area contributed by atoms with Crippen molar-refractivity contribution in [2.24, 2.45) is 5.41 Å². The zero-order chi connectivity index (χ0) is 31.5. The van der Waals surface area contributed by atoms with Gasteiger partial charge in [0.15, 0.2) is 5.60 Å². The van der Waals surface area contributed by atoms with E-state index in [1.165, 1.54) is 44.9 Å². The topological polar surface area (TPSA) is 53.0 Å². The Labute approximate surface area is 260 Å². The van der Waals surface area contributed by atoms with E-state index in [2.05, 4.69) is 79.0 Å². The van der Waals surface area contributed by atoms with Crippen molar-refractivity contribution in [2.75, 3.05) is 6.54 Å². The Kier molecular flexibility index (Phi) is 11.7. The number of hydrogen-bond acceptors (Lipinski definition) is 4. The van der Waals surface area contributed by atoms with Gasteiger partial charge in [-0.2, -0.15) is 0 Å². The van der Waals surface area contributed by atoms with Gasteiger partial charge in [0.25, 0.3) is 5.91 Å². The summed E-state index contributed by atoms with van der Waals surface area (Å²) in [6.07, 6.45) is 18.7. The smallest absolute Gasteiger partial charge is 0.257 e. The summed E-state index contributed by atoms with van der Waals surface area (Å²) in [5.41, 5.74) is -1.73. The molecule has 1 aliphatic carbocycles. The predicted octanol–water partition coefficient (Wildman–Crippen LogP) is 9.39. The fourth-order valence-corrected chi connectivity index (χ4v) is 9.75. The van der Waals surface area contributed by atoms with Gasteiger partial charge in [0.2, 0.25) is 0 Å². The molecule has 1 unspecified atom stereocenters. The van der Waals surface area contributed by atoms with Gasteiger partial charge in [-0.05, 0) is 85.0 Å². The van der Waals surface area contributed by atoms with Gasteiger partial charge >= 0.3 is 0 Å². The second-order valence-corrected chi connectivity index (χ2v) is 16.5. The number of hydrogen-bond donors (Lipinski definition) is 1. The van der Waals surface area contributed by atoms with Crippen LogP contribution >= 0.6 is 0 Å². The van der Waals surface area contributed by atoms with Gasteiger partial charge in [0.05, 0.1) is 6.10 Å². The summed E-state index contributed by atoms with van der Waals surface area (Å²) >= 11 is 0. The molecule has 1 N–H and O–H groups in total. The molecule has 3 rings (SSSR count). The SMILES string of the molecule is CCC(C)(CC)CC(O)CN1C(=O)C2(CC(C)(C)N(C(C)(CC)CC)C(C)(C)C2)OC12CCCCCCCCCCC2. The molecule has 0 aromatic carbocycles. The van der Waals surface area contributed by atoms with E-state index in [9.17, 15) is 5.11 Å². The van der Waals surface area contributed by atoms with Crippen LogP contribution in [0.2, 0.25) is 0 Å². The van der Waals surface area contributed by atoms with E-state index in [1.54, 1.807) is 0 Å². The number of rotatable bonds is 9. The van der Waals surface area contributed by atoms with Crippen molar-refractivity contribution in [3.63, 3.8) is 0 Å². The molecule has 1 atom stereocenters. The minimum Gasteiger partial charge on any atom is -0.391 e. The number of aliphatic hydroxyl groups is 1. The van der Waals surface area contributed by atoms with Gasteiger partial charge in [-0.25, -0.2) is 0 Å². The van der Waals surface area contributed by atoms with Crippen LogP contribution in [-0.4, -0.2) is 61.4 Å². The molecule has 1 saturated carbocycles. The van der Waals surface area contributed by atoms with E-state index in [4.69, 9.17) is 4.74 Å². The summed E-state index contributed by atoms with van der Waals surface area (Å²) in [5, 5.41) is 11.6. The van der Waals surface area contributed by atoms with Gasteiger partial charge in [-0.1, -0.05) is 92.4 Å². The number of aliphatic hydroxyl groups excluding tert-OH is 1. The Morgan fingerprint density at radius 1 is 0.762 bits per heavy atom.